The molecule has 0 radical (unpaired) electrons. The molecule has 9 heteroatoms. The van der Waals surface area contributed by atoms with Gasteiger partial charge in [0.2, 0.25) is 0 Å². The van der Waals surface area contributed by atoms with Crippen molar-refractivity contribution in [2.75, 3.05) is 7.11 Å². The molecule has 32 heavy (non-hydrogen) atoms. The molecule has 3 amide bonds. The van der Waals surface area contributed by atoms with Crippen LogP contribution in [0.15, 0.2) is 61.1 Å². The molecule has 1 aliphatic heterocycles. The number of amides is 3. The first-order valence-corrected chi connectivity index (χ1v) is 9.99. The number of methoxy groups -OCH3 is 1. The van der Waals surface area contributed by atoms with Crippen molar-refractivity contribution in [2.45, 2.75) is 12.1 Å². The fraction of sp³-hybridized carbons (Fsp3) is 0.174. The van der Waals surface area contributed by atoms with Gasteiger partial charge in [-0.3, -0.25) is 10.1 Å². The van der Waals surface area contributed by atoms with Gasteiger partial charge in [-0.05, 0) is 23.8 Å². The lowest BCUT2D eigenvalue weighted by molar-refractivity contribution is -0.124. The van der Waals surface area contributed by atoms with Crippen LogP contribution in [0.2, 0.25) is 0 Å². The zero-order chi connectivity index (χ0) is 22.5. The van der Waals surface area contributed by atoms with Crippen molar-refractivity contribution in [3.63, 3.8) is 0 Å². The molecule has 2 aromatic heterocycles. The average Bonchev–Trinajstić information content (AvgIpc) is 3.44. The van der Waals surface area contributed by atoms with Gasteiger partial charge in [-0.2, -0.15) is 0 Å². The minimum absolute atomic E-state index is 0.00908. The largest absolute Gasteiger partial charge is 0.497 e. The number of aryl methyl sites for hydroxylation is 1. The van der Waals surface area contributed by atoms with E-state index < -0.39 is 17.5 Å². The summed E-state index contributed by atoms with van der Waals surface area (Å²) in [4.78, 5) is 29.4. The molecule has 162 valence electrons. The van der Waals surface area contributed by atoms with Crippen LogP contribution in [0, 0.1) is 0 Å². The number of carbonyl (C=O) groups is 2. The second kappa shape index (κ2) is 7.16. The molecule has 3 N–H and O–H groups in total. The van der Waals surface area contributed by atoms with Crippen LogP contribution in [-0.4, -0.2) is 38.3 Å². The summed E-state index contributed by atoms with van der Waals surface area (Å²) in [6.07, 6.45) is 5.31. The predicted octanol–water partition coefficient (Wildman–Crippen LogP) is 2.49. The maximum Gasteiger partial charge on any atom is 0.322 e. The number of imidazole rings is 1. The number of nitrogens with one attached hydrogen (secondary N) is 2. The summed E-state index contributed by atoms with van der Waals surface area (Å²) in [5, 5.41) is 17.3. The van der Waals surface area contributed by atoms with Gasteiger partial charge in [0.1, 0.15) is 11.6 Å². The predicted molar refractivity (Wildman–Crippen MR) is 117 cm³/mol. The quantitative estimate of drug-likeness (QED) is 0.421. The van der Waals surface area contributed by atoms with Crippen LogP contribution in [0.3, 0.4) is 0 Å². The molecule has 5 rings (SSSR count). The summed E-state index contributed by atoms with van der Waals surface area (Å²) in [5.74, 6) is 0.893. The van der Waals surface area contributed by atoms with Crippen molar-refractivity contribution < 1.29 is 19.4 Å². The maximum atomic E-state index is 13.0. The standard InChI is InChI=1S/C23H21N5O4/c1-27-10-9-24-19(27)14-3-6-16(7-4-14)23(21(30)25-22(31)26-23)13-28-12-15-5-8-17(32-2)11-18(15)20(28)29/h3-12,29H,13H2,1-2H3,(H2,25,26,30,31)/t23-/m0/s1. The van der Waals surface area contributed by atoms with Gasteiger partial charge in [-0.1, -0.05) is 24.3 Å². The van der Waals surface area contributed by atoms with E-state index in [1.54, 1.807) is 48.3 Å². The molecule has 0 aliphatic carbocycles. The SMILES string of the molecule is COc1ccc2cn(C[C@@]3(c4ccc(-c5nccn5C)cc4)NC(=O)NC3=O)c(O)c2c1. The van der Waals surface area contributed by atoms with Crippen molar-refractivity contribution in [1.29, 1.82) is 0 Å². The van der Waals surface area contributed by atoms with Crippen LogP contribution < -0.4 is 15.4 Å². The average molecular weight is 431 g/mol. The van der Waals surface area contributed by atoms with Gasteiger partial charge in [0.25, 0.3) is 5.91 Å². The summed E-state index contributed by atoms with van der Waals surface area (Å²) < 4.78 is 8.69. The first-order chi connectivity index (χ1) is 15.4. The molecule has 1 saturated heterocycles. The first kappa shape index (κ1) is 19.7. The summed E-state index contributed by atoms with van der Waals surface area (Å²) >= 11 is 0. The molecule has 9 nitrogen and oxygen atoms in total. The van der Waals surface area contributed by atoms with Gasteiger partial charge in [0.15, 0.2) is 11.4 Å². The number of hydrogen-bond acceptors (Lipinski definition) is 5. The van der Waals surface area contributed by atoms with Crippen molar-refractivity contribution in [3.05, 3.63) is 66.6 Å². The number of benzene rings is 2. The topological polar surface area (TPSA) is 110 Å². The fourth-order valence-electron chi connectivity index (χ4n) is 4.17. The van der Waals surface area contributed by atoms with E-state index in [0.717, 1.165) is 16.8 Å². The zero-order valence-electron chi connectivity index (χ0n) is 17.5. The normalized spacial score (nSPS) is 18.1. The summed E-state index contributed by atoms with van der Waals surface area (Å²) in [7, 11) is 3.45. The van der Waals surface area contributed by atoms with Crippen molar-refractivity contribution in [3.8, 4) is 23.0 Å². The highest BCUT2D eigenvalue weighted by atomic mass is 16.5. The van der Waals surface area contributed by atoms with Gasteiger partial charge >= 0.3 is 6.03 Å². The van der Waals surface area contributed by atoms with Gasteiger partial charge in [-0.15, -0.1) is 0 Å². The van der Waals surface area contributed by atoms with Gasteiger partial charge < -0.3 is 24.3 Å². The third-order valence-electron chi connectivity index (χ3n) is 5.87. The Morgan fingerprint density at radius 3 is 2.56 bits per heavy atom. The van der Waals surface area contributed by atoms with Crippen LogP contribution in [0.25, 0.3) is 22.2 Å². The summed E-state index contributed by atoms with van der Waals surface area (Å²) in [6.45, 7) is 0.00908. The lowest BCUT2D eigenvalue weighted by Gasteiger charge is -2.27. The molecule has 1 aliphatic rings. The second-order valence-corrected chi connectivity index (χ2v) is 7.79. The highest BCUT2D eigenvalue weighted by Gasteiger charge is 2.48. The molecule has 0 bridgehead atoms. The first-order valence-electron chi connectivity index (χ1n) is 9.99. The van der Waals surface area contributed by atoms with E-state index in [-0.39, 0.29) is 12.4 Å². The Bertz CT molecular complexity index is 1350. The number of fused-ring (bicyclic) bond motifs is 1. The Labute approximate surface area is 183 Å². The Morgan fingerprint density at radius 1 is 1.16 bits per heavy atom. The zero-order valence-corrected chi connectivity index (χ0v) is 17.5. The number of urea groups is 1. The highest BCUT2D eigenvalue weighted by molar-refractivity contribution is 6.07. The van der Waals surface area contributed by atoms with E-state index in [2.05, 4.69) is 15.6 Å². The lowest BCUT2D eigenvalue weighted by atomic mass is 9.89. The molecule has 4 aromatic rings. The number of ether oxygens (including phenoxy) is 1. The van der Waals surface area contributed by atoms with Crippen molar-refractivity contribution >= 4 is 22.7 Å². The molecular weight excluding hydrogens is 410 g/mol. The molecule has 0 spiro atoms. The Morgan fingerprint density at radius 2 is 1.94 bits per heavy atom. The fourth-order valence-corrected chi connectivity index (χ4v) is 4.17. The Hall–Kier alpha value is -4.27. The van der Waals surface area contributed by atoms with Crippen molar-refractivity contribution in [2.24, 2.45) is 7.05 Å². The smallest absolute Gasteiger partial charge is 0.322 e. The van der Waals surface area contributed by atoms with Gasteiger partial charge in [0, 0.05) is 42.0 Å². The number of nitrogens with zero attached hydrogens (tertiary/aromatic N) is 3. The van der Waals surface area contributed by atoms with E-state index in [1.807, 2.05) is 36.0 Å². The number of rotatable bonds is 5. The van der Waals surface area contributed by atoms with Crippen LogP contribution >= 0.6 is 0 Å². The van der Waals surface area contributed by atoms with E-state index in [1.165, 1.54) is 0 Å². The second-order valence-electron chi connectivity index (χ2n) is 7.79. The highest BCUT2D eigenvalue weighted by Crippen LogP contribution is 2.35. The molecule has 0 saturated carbocycles. The minimum atomic E-state index is -1.38. The van der Waals surface area contributed by atoms with E-state index in [0.29, 0.717) is 16.7 Å². The molecule has 3 heterocycles. The number of carbonyl (C=O) groups excluding carboxylic acids is 2. The van der Waals surface area contributed by atoms with E-state index in [4.69, 9.17) is 4.74 Å². The molecule has 2 aromatic carbocycles. The minimum Gasteiger partial charge on any atom is -0.497 e. The number of aromatic nitrogens is 3. The Kier molecular flexibility index (Phi) is 4.40. The molecular formula is C23H21N5O4. The molecule has 1 atom stereocenters. The van der Waals surface area contributed by atoms with E-state index in [9.17, 15) is 14.7 Å². The third-order valence-corrected chi connectivity index (χ3v) is 5.87. The number of aromatic hydroxyl groups is 1. The molecule has 1 fully saturated rings. The number of hydrogen-bond donors (Lipinski definition) is 3. The summed E-state index contributed by atoms with van der Waals surface area (Å²) in [6, 6.07) is 12.1. The number of imide groups is 1. The van der Waals surface area contributed by atoms with Crippen LogP contribution in [0.1, 0.15) is 5.56 Å². The third kappa shape index (κ3) is 2.97. The van der Waals surface area contributed by atoms with Crippen LogP contribution in [-0.2, 0) is 23.9 Å². The van der Waals surface area contributed by atoms with Gasteiger partial charge in [-0.25, -0.2) is 9.78 Å². The van der Waals surface area contributed by atoms with E-state index >= 15 is 0 Å². The monoisotopic (exact) mass is 431 g/mol. The maximum absolute atomic E-state index is 13.0. The van der Waals surface area contributed by atoms with Crippen LogP contribution in [0.5, 0.6) is 11.6 Å². The van der Waals surface area contributed by atoms with Crippen molar-refractivity contribution in [1.82, 2.24) is 24.8 Å². The van der Waals surface area contributed by atoms with Gasteiger partial charge in [0.05, 0.1) is 13.7 Å². The summed E-state index contributed by atoms with van der Waals surface area (Å²) in [5.41, 5.74) is 0.0877. The lowest BCUT2D eigenvalue weighted by Crippen LogP contribution is -2.47. The van der Waals surface area contributed by atoms with Crippen LogP contribution in [0.4, 0.5) is 4.79 Å². The molecule has 0 unspecified atom stereocenters. The Balaban J connectivity index is 1.57.